The van der Waals surface area contributed by atoms with Crippen LogP contribution in [-0.2, 0) is 0 Å². The lowest BCUT2D eigenvalue weighted by Crippen LogP contribution is -1.78. The third-order valence-electron chi connectivity index (χ3n) is 1.37. The van der Waals surface area contributed by atoms with Crippen molar-refractivity contribution >= 4 is 0 Å². The summed E-state index contributed by atoms with van der Waals surface area (Å²) in [4.78, 5) is 4.50. The zero-order valence-electron chi connectivity index (χ0n) is 10.3. The fraction of sp³-hybridized carbons (Fsp3) is 0.333. The predicted octanol–water partition coefficient (Wildman–Crippen LogP) is 5.21. The smallest absolute Gasteiger partial charge is 0.0398 e. The Morgan fingerprint density at radius 2 is 0.667 bits per heavy atom. The van der Waals surface area contributed by atoms with Gasteiger partial charge in [-0.05, 0) is 20.8 Å². The fourth-order valence-electron chi connectivity index (χ4n) is 1.20. The molecule has 0 amide bonds. The molecule has 0 aromatic heterocycles. The number of nitrogens with zero attached hydrogens (tertiary/aromatic N) is 9. The van der Waals surface area contributed by atoms with Gasteiger partial charge in [0.05, 0.1) is 0 Å². The van der Waals surface area contributed by atoms with Gasteiger partial charge < -0.3 is 33.2 Å². The van der Waals surface area contributed by atoms with Gasteiger partial charge in [0.2, 0.25) is 0 Å². The van der Waals surface area contributed by atoms with Crippen molar-refractivity contribution in [3.63, 3.8) is 0 Å². The molecule has 96 valence electrons. The first kappa shape index (κ1) is 20.5. The van der Waals surface area contributed by atoms with Crippen molar-refractivity contribution in [2.75, 3.05) is 0 Å². The molecule has 0 saturated heterocycles. The van der Waals surface area contributed by atoms with Crippen LogP contribution in [0.2, 0.25) is 0 Å². The van der Waals surface area contributed by atoms with Crippen LogP contribution in [0.4, 0.5) is 0 Å². The maximum atomic E-state index is 6.75. The molecule has 0 fully saturated rings. The highest BCUT2D eigenvalue weighted by Crippen LogP contribution is 2.06. The van der Waals surface area contributed by atoms with Crippen molar-refractivity contribution in [2.45, 2.75) is 20.8 Å². The minimum Gasteiger partial charge on any atom is -0.373 e. The average molecular weight is 246 g/mol. The van der Waals surface area contributed by atoms with Gasteiger partial charge in [-0.3, -0.25) is 14.7 Å². The monoisotopic (exact) mass is 246 g/mol. The highest BCUT2D eigenvalue weighted by Gasteiger charge is 1.87. The zero-order valence-corrected chi connectivity index (χ0v) is 10.3. The van der Waals surface area contributed by atoms with E-state index in [-0.39, 0.29) is 0 Å². The van der Waals surface area contributed by atoms with E-state index >= 15 is 0 Å². The van der Waals surface area contributed by atoms with Crippen LogP contribution in [0.3, 0.4) is 0 Å². The molecule has 0 N–H and O–H groups in total. The predicted molar refractivity (Wildman–Crippen MR) is 70.9 cm³/mol. The molecule has 1 aromatic carbocycles. The van der Waals surface area contributed by atoms with E-state index in [2.05, 4.69) is 39.0 Å². The van der Waals surface area contributed by atoms with Gasteiger partial charge in [-0.15, -0.1) is 0 Å². The van der Waals surface area contributed by atoms with Crippen LogP contribution >= 0.6 is 0 Å². The Morgan fingerprint density at radius 3 is 0.778 bits per heavy atom. The van der Waals surface area contributed by atoms with Gasteiger partial charge in [0.1, 0.15) is 0 Å². The molecule has 9 nitrogen and oxygen atoms in total. The SMILES string of the molecule is Cc1cc(C)cc(C)c1.[N-]=[N+]=[N-].[N-]=[N+]=[N-].[N-]=[N+]=[N-]. The molecule has 0 unspecified atom stereocenters. The summed E-state index contributed by atoms with van der Waals surface area (Å²) in [5.41, 5.74) is 44.6. The molecule has 0 aliphatic rings. The zero-order chi connectivity index (χ0) is 15.0. The van der Waals surface area contributed by atoms with Crippen LogP contribution in [0.15, 0.2) is 18.2 Å². The summed E-state index contributed by atoms with van der Waals surface area (Å²) < 4.78 is 0. The Kier molecular flexibility index (Phi) is 18.9. The molecule has 0 aliphatic heterocycles. The van der Waals surface area contributed by atoms with Gasteiger partial charge in [-0.2, -0.15) is 0 Å². The Morgan fingerprint density at radius 1 is 0.556 bits per heavy atom. The minimum atomic E-state index is 1.35. The van der Waals surface area contributed by atoms with Crippen molar-refractivity contribution in [1.29, 1.82) is 0 Å². The summed E-state index contributed by atoms with van der Waals surface area (Å²) in [7, 11) is 0. The van der Waals surface area contributed by atoms with Gasteiger partial charge in [-0.1, -0.05) is 34.9 Å². The summed E-state index contributed by atoms with van der Waals surface area (Å²) >= 11 is 0. The van der Waals surface area contributed by atoms with E-state index in [0.29, 0.717) is 0 Å². The first-order valence-corrected chi connectivity index (χ1v) is 4.43. The van der Waals surface area contributed by atoms with Crippen molar-refractivity contribution in [3.8, 4) is 0 Å². The fourth-order valence-corrected chi connectivity index (χ4v) is 1.20. The highest BCUT2D eigenvalue weighted by molar-refractivity contribution is 5.27. The molecule has 0 atom stereocenters. The van der Waals surface area contributed by atoms with Crippen LogP contribution < -0.4 is 0 Å². The molecule has 1 rings (SSSR count). The molecule has 0 radical (unpaired) electrons. The lowest BCUT2D eigenvalue weighted by molar-refractivity contribution is 1.32. The third-order valence-corrected chi connectivity index (χ3v) is 1.37. The summed E-state index contributed by atoms with van der Waals surface area (Å²) in [6.45, 7) is 6.38. The van der Waals surface area contributed by atoms with Gasteiger partial charge in [0.25, 0.3) is 0 Å². The third kappa shape index (κ3) is 23.2. The van der Waals surface area contributed by atoms with Crippen LogP contribution in [0.25, 0.3) is 47.9 Å². The molecule has 0 saturated carbocycles. The lowest BCUT2D eigenvalue weighted by atomic mass is 10.1. The molecular weight excluding hydrogens is 234 g/mol. The molecule has 0 heterocycles. The first-order chi connectivity index (χ1) is 8.42. The van der Waals surface area contributed by atoms with Gasteiger partial charge in [0.15, 0.2) is 0 Å². The summed E-state index contributed by atoms with van der Waals surface area (Å²) in [6, 6.07) is 6.56. The summed E-state index contributed by atoms with van der Waals surface area (Å²) in [5.74, 6) is 0. The van der Waals surface area contributed by atoms with E-state index in [1.54, 1.807) is 0 Å². The second kappa shape index (κ2) is 16.6. The normalized spacial score (nSPS) is 6.17. The lowest BCUT2D eigenvalue weighted by Gasteiger charge is -1.96. The van der Waals surface area contributed by atoms with Crippen LogP contribution in [0.5, 0.6) is 0 Å². The molecule has 0 bridgehead atoms. The molecule has 0 spiro atoms. The van der Waals surface area contributed by atoms with E-state index in [9.17, 15) is 0 Å². The van der Waals surface area contributed by atoms with Crippen molar-refractivity contribution in [2.24, 2.45) is 0 Å². The van der Waals surface area contributed by atoms with E-state index in [1.165, 1.54) is 31.4 Å². The Balaban J connectivity index is -0.000000210. The number of hydrogen-bond acceptors (Lipinski definition) is 0. The molecule has 18 heavy (non-hydrogen) atoms. The number of hydrogen-bond donors (Lipinski definition) is 0. The minimum absolute atomic E-state index is 1.35. The molecule has 9 heteroatoms. The second-order valence-corrected chi connectivity index (χ2v) is 2.93. The quantitative estimate of drug-likeness (QED) is 0.331. The van der Waals surface area contributed by atoms with Crippen LogP contribution in [0.1, 0.15) is 16.7 Å². The number of benzene rings is 1. The van der Waals surface area contributed by atoms with E-state index in [0.717, 1.165) is 0 Å². The van der Waals surface area contributed by atoms with Crippen LogP contribution in [-0.4, -0.2) is 0 Å². The summed E-state index contributed by atoms with van der Waals surface area (Å²) in [5, 5.41) is 0. The molecule has 0 aliphatic carbocycles. The van der Waals surface area contributed by atoms with E-state index < -0.39 is 0 Å². The second-order valence-electron chi connectivity index (χ2n) is 2.93. The Labute approximate surface area is 104 Å². The largest absolute Gasteiger partial charge is 0.373 e. The standard InChI is InChI=1S/C9H12.3N3/c1-7-4-8(2)6-9(3)5-7;3*1-3-2/h4-6H,1-3H3;;;/q;3*-1. The van der Waals surface area contributed by atoms with Crippen molar-refractivity contribution in [3.05, 3.63) is 82.8 Å². The van der Waals surface area contributed by atoms with Gasteiger partial charge in [0, 0.05) is 0 Å². The highest BCUT2D eigenvalue weighted by atomic mass is 15.0. The Bertz CT molecular complexity index is 354. The summed E-state index contributed by atoms with van der Waals surface area (Å²) in [6.07, 6.45) is 0. The molecular formula is C9H12N9-3. The van der Waals surface area contributed by atoms with Gasteiger partial charge in [-0.25, -0.2) is 0 Å². The maximum absolute atomic E-state index is 6.75. The van der Waals surface area contributed by atoms with E-state index in [1.807, 2.05) is 0 Å². The number of aryl methyl sites for hydroxylation is 3. The number of rotatable bonds is 0. The first-order valence-electron chi connectivity index (χ1n) is 4.43. The maximum Gasteiger partial charge on any atom is -0.0398 e. The topological polar surface area (TPSA) is 176 Å². The molecule has 1 aromatic rings. The van der Waals surface area contributed by atoms with E-state index in [4.69, 9.17) is 33.2 Å². The van der Waals surface area contributed by atoms with Crippen molar-refractivity contribution in [1.82, 2.24) is 0 Å². The Hall–Kier alpha value is -2.85. The van der Waals surface area contributed by atoms with Crippen molar-refractivity contribution < 1.29 is 0 Å². The van der Waals surface area contributed by atoms with Gasteiger partial charge >= 0.3 is 0 Å². The van der Waals surface area contributed by atoms with Crippen LogP contribution in [0, 0.1) is 20.8 Å². The average Bonchev–Trinajstić information content (AvgIpc) is 2.18.